The summed E-state index contributed by atoms with van der Waals surface area (Å²) >= 11 is 2.70. The minimum absolute atomic E-state index is 0. The van der Waals surface area contributed by atoms with Crippen LogP contribution in [0, 0.1) is 0 Å². The molecule has 0 fully saturated rings. The molecule has 0 saturated heterocycles. The second-order valence-electron chi connectivity index (χ2n) is 16.5. The van der Waals surface area contributed by atoms with Crippen molar-refractivity contribution in [3.63, 3.8) is 0 Å². The summed E-state index contributed by atoms with van der Waals surface area (Å²) in [4.78, 5) is 122. The van der Waals surface area contributed by atoms with Crippen LogP contribution in [0.5, 0.6) is 5.75 Å². The summed E-state index contributed by atoms with van der Waals surface area (Å²) < 4.78 is 35.6. The third-order valence-electron chi connectivity index (χ3n) is 10.9. The molecule has 0 aliphatic carbocycles. The number of carbonyl (C=O) groups excluding carboxylic acids is 8. The number of amides is 8. The Hall–Kier alpha value is -6.16. The maximum atomic E-state index is 14.3. The van der Waals surface area contributed by atoms with Crippen LogP contribution in [0.2, 0.25) is 0 Å². The van der Waals surface area contributed by atoms with Crippen molar-refractivity contribution in [3.8, 4) is 5.75 Å². The minimum atomic E-state index is -4.79. The number of aromatic nitrogens is 1. The van der Waals surface area contributed by atoms with Crippen molar-refractivity contribution in [1.29, 1.82) is 0 Å². The predicted molar refractivity (Wildman–Crippen MR) is 278 cm³/mol. The van der Waals surface area contributed by atoms with Crippen molar-refractivity contribution in [2.75, 3.05) is 30.6 Å². The number of hydrogen-bond donors (Lipinski definition) is 11. The first kappa shape index (κ1) is 62.1. The predicted octanol–water partition coefficient (Wildman–Crippen LogP) is -0.492. The third-order valence-corrected chi connectivity index (χ3v) is 12.6. The van der Waals surface area contributed by atoms with Crippen LogP contribution in [0.25, 0.3) is 10.9 Å². The van der Waals surface area contributed by atoms with Crippen molar-refractivity contribution >= 4 is 128 Å². The second-order valence-corrected chi connectivity index (χ2v) is 19.5. The Labute approximate surface area is 457 Å². The maximum Gasteiger partial charge on any atom is 0.446 e. The van der Waals surface area contributed by atoms with E-state index in [1.807, 2.05) is 0 Å². The van der Waals surface area contributed by atoms with Crippen LogP contribution in [0.4, 0.5) is 0 Å². The van der Waals surface area contributed by atoms with E-state index in [1.54, 1.807) is 73.3 Å². The van der Waals surface area contributed by atoms with Gasteiger partial charge in [-0.15, -0.1) is 0 Å². The molecule has 0 aliphatic heterocycles. The maximum absolute atomic E-state index is 14.3. The number of H-pyrrole nitrogens is 1. The quantitative estimate of drug-likeness (QED) is 0.0232. The van der Waals surface area contributed by atoms with E-state index in [9.17, 15) is 56.7 Å². The van der Waals surface area contributed by atoms with Gasteiger partial charge in [-0.25, -0.2) is 0 Å². The zero-order valence-corrected chi connectivity index (χ0v) is 45.5. The normalized spacial score (nSPS) is 13.5. The number of para-hydroxylation sites is 1. The molecule has 0 spiro atoms. The molecule has 6 unspecified atom stereocenters. The summed E-state index contributed by atoms with van der Waals surface area (Å²) in [5.41, 5.74) is 7.98. The zero-order chi connectivity index (χ0) is 53.7. The number of aliphatic carboxylic acids is 1. The molecule has 6 atom stereocenters. The summed E-state index contributed by atoms with van der Waals surface area (Å²) in [6, 6.07) is 12.8. The molecule has 12 N–H and O–H groups in total. The summed E-state index contributed by atoms with van der Waals surface area (Å²) in [6.07, 6.45) is 4.09. The molecule has 74 heavy (non-hydrogen) atoms. The van der Waals surface area contributed by atoms with E-state index in [0.29, 0.717) is 28.2 Å². The van der Waals surface area contributed by atoms with Gasteiger partial charge < -0.3 is 57.2 Å². The van der Waals surface area contributed by atoms with Crippen molar-refractivity contribution < 1.29 is 65.4 Å². The zero-order valence-electron chi connectivity index (χ0n) is 41.0. The Bertz CT molecular complexity index is 2700. The first-order valence-electron chi connectivity index (χ1n) is 22.6. The van der Waals surface area contributed by atoms with Gasteiger partial charge in [-0.1, -0.05) is 60.7 Å². The second kappa shape index (κ2) is 30.9. The SMILES string of the molecule is CSCCC(NC(=O)C(Cc1ccc(OS(=O)(=O)O)cc1)NC(C)=O)C(=O)NCC(=O)NC(Cc1c[nH]c2ccccc12)C(=O)NC(CCSC)C(=O)NC(CC(=O)O)C(=O)NC(Cc1ccccc1)C(N)=O.[Na]. The number of rotatable bonds is 30. The Morgan fingerprint density at radius 3 is 1.70 bits per heavy atom. The molecule has 1 radical (unpaired) electrons. The van der Waals surface area contributed by atoms with Crippen LogP contribution in [0.15, 0.2) is 85.1 Å². The number of hydrogen-bond acceptors (Lipinski definition) is 14. The number of aromatic amines is 1. The minimum Gasteiger partial charge on any atom is -0.481 e. The van der Waals surface area contributed by atoms with E-state index < -0.39 is 113 Å². The van der Waals surface area contributed by atoms with Crippen LogP contribution in [0.3, 0.4) is 0 Å². The van der Waals surface area contributed by atoms with Gasteiger partial charge in [0.1, 0.15) is 42.0 Å². The monoisotopic (exact) mass is 1090 g/mol. The summed E-state index contributed by atoms with van der Waals surface area (Å²) in [7, 11) is -4.79. The van der Waals surface area contributed by atoms with E-state index in [0.717, 1.165) is 10.9 Å². The summed E-state index contributed by atoms with van der Waals surface area (Å²) in [5.74, 6) is -7.64. The standard InChI is InChI=1S/C47H59N9O14S3.Na/c1-27(57)51-37(22-29-13-15-31(16-14-29)70-73(67,68)69)45(64)53-34(17-19-71-2)43(62)50-26-40(58)52-38(23-30-25-49-33-12-8-7-11-32(30)33)46(65)54-35(18-20-72-3)44(63)56-39(24-41(59)60)47(66)55-36(42(48)61)21-28-9-5-4-6-10-28;/h4-16,25,34-39,49H,17-24,26H2,1-3H3,(H2,48,61)(H,50,62)(H,51,57)(H,52,58)(H,53,64)(H,54,65)(H,55,66)(H,56,63)(H,59,60)(H,67,68,69);. The van der Waals surface area contributed by atoms with E-state index >= 15 is 0 Å². The Kier molecular flexibility index (Phi) is 25.9. The molecule has 0 bridgehead atoms. The first-order chi connectivity index (χ1) is 34.7. The van der Waals surface area contributed by atoms with E-state index in [-0.39, 0.29) is 67.4 Å². The van der Waals surface area contributed by atoms with Gasteiger partial charge in [-0.2, -0.15) is 31.9 Å². The molecule has 1 heterocycles. The molecule has 8 amide bonds. The van der Waals surface area contributed by atoms with Crippen LogP contribution < -0.4 is 47.1 Å². The number of carboxylic acids is 1. The van der Waals surface area contributed by atoms with Gasteiger partial charge >= 0.3 is 16.4 Å². The largest absolute Gasteiger partial charge is 0.481 e. The van der Waals surface area contributed by atoms with Crippen molar-refractivity contribution in [2.24, 2.45) is 5.73 Å². The Morgan fingerprint density at radius 2 is 1.14 bits per heavy atom. The topological polar surface area (TPSA) is 363 Å². The fourth-order valence-electron chi connectivity index (χ4n) is 7.31. The number of primary amides is 1. The van der Waals surface area contributed by atoms with Crippen molar-refractivity contribution in [1.82, 2.24) is 42.2 Å². The number of carbonyl (C=O) groups is 9. The average molecular weight is 1090 g/mol. The van der Waals surface area contributed by atoms with Gasteiger partial charge in [0.2, 0.25) is 47.3 Å². The fourth-order valence-corrected chi connectivity index (χ4v) is 8.61. The van der Waals surface area contributed by atoms with E-state index in [2.05, 4.69) is 46.4 Å². The molecule has 27 heteroatoms. The summed E-state index contributed by atoms with van der Waals surface area (Å²) in [5, 5.41) is 28.1. The van der Waals surface area contributed by atoms with Crippen LogP contribution in [0.1, 0.15) is 42.9 Å². The van der Waals surface area contributed by atoms with Crippen molar-refractivity contribution in [3.05, 3.63) is 102 Å². The van der Waals surface area contributed by atoms with E-state index in [4.69, 9.17) is 10.3 Å². The van der Waals surface area contributed by atoms with Crippen LogP contribution >= 0.6 is 23.5 Å². The van der Waals surface area contributed by atoms with Gasteiger partial charge in [0.05, 0.1) is 13.0 Å². The molecule has 395 valence electrons. The Morgan fingerprint density at radius 1 is 0.635 bits per heavy atom. The number of thioether (sulfide) groups is 2. The van der Waals surface area contributed by atoms with Gasteiger partial charge in [-0.05, 0) is 71.7 Å². The van der Waals surface area contributed by atoms with Crippen LogP contribution in [-0.2, 0) is 72.8 Å². The molecular formula is C47H59N9NaO14S3. The molecule has 0 aliphatic rings. The van der Waals surface area contributed by atoms with Gasteiger partial charge in [-0.3, -0.25) is 47.7 Å². The molecule has 23 nitrogen and oxygen atoms in total. The molecule has 4 rings (SSSR count). The van der Waals surface area contributed by atoms with E-state index in [1.165, 1.54) is 54.7 Å². The summed E-state index contributed by atoms with van der Waals surface area (Å²) in [6.45, 7) is 0.496. The molecule has 4 aromatic rings. The molecule has 1 aromatic heterocycles. The number of carboxylic acid groups (broad SMARTS) is 1. The van der Waals surface area contributed by atoms with Crippen molar-refractivity contribution in [2.45, 2.75) is 81.7 Å². The number of nitrogens with one attached hydrogen (secondary N) is 8. The number of fused-ring (bicyclic) bond motifs is 1. The van der Waals surface area contributed by atoms with Gasteiger partial charge in [0.15, 0.2) is 0 Å². The van der Waals surface area contributed by atoms with Gasteiger partial charge in [0, 0.05) is 72.8 Å². The van der Waals surface area contributed by atoms with Gasteiger partial charge in [0.25, 0.3) is 0 Å². The Balaban J connectivity index is 0.0000144. The number of benzene rings is 3. The molecular weight excluding hydrogens is 1030 g/mol. The molecule has 3 aromatic carbocycles. The smallest absolute Gasteiger partial charge is 0.446 e. The number of nitrogens with two attached hydrogens (primary N) is 1. The fraction of sp³-hybridized carbons (Fsp3) is 0.383. The molecule has 0 saturated carbocycles. The van der Waals surface area contributed by atoms with Crippen LogP contribution in [-0.4, -0.2) is 173 Å². The third kappa shape index (κ3) is 21.4. The first-order valence-corrected chi connectivity index (χ1v) is 26.7. The average Bonchev–Trinajstić information content (AvgIpc) is 3.74.